The largest absolute Gasteiger partial charge is 0.573 e. The number of amides is 1. The van der Waals surface area contributed by atoms with Gasteiger partial charge in [0.05, 0.1) is 4.90 Å². The van der Waals surface area contributed by atoms with E-state index in [0.717, 1.165) is 49.2 Å². The number of anilines is 1. The molecule has 0 aromatic heterocycles. The summed E-state index contributed by atoms with van der Waals surface area (Å²) in [7, 11) is -1.92. The van der Waals surface area contributed by atoms with Crippen molar-refractivity contribution in [1.29, 1.82) is 0 Å². The number of fused-ring (bicyclic) bond motifs is 1. The van der Waals surface area contributed by atoms with E-state index in [2.05, 4.69) is 25.7 Å². The molecule has 174 valence electrons. The molecule has 1 aliphatic heterocycles. The Kier molecular flexibility index (Phi) is 7.29. The Labute approximate surface area is 184 Å². The molecule has 2 aromatic carbocycles. The van der Waals surface area contributed by atoms with Gasteiger partial charge in [-0.05, 0) is 54.3 Å². The number of carbonyl (C=O) groups excluding carboxylic acids is 1. The quantitative estimate of drug-likeness (QED) is 0.618. The molecule has 1 heterocycles. The minimum absolute atomic E-state index is 0.0812. The van der Waals surface area contributed by atoms with Crippen molar-refractivity contribution in [2.45, 2.75) is 37.1 Å². The normalized spacial score (nSPS) is 14.1. The number of carbonyl (C=O) groups is 1. The number of hydrogen-bond donors (Lipinski definition) is 2. The summed E-state index contributed by atoms with van der Waals surface area (Å²) in [5, 5.41) is 2.76. The Balaban J connectivity index is 1.46. The third-order valence-corrected chi connectivity index (χ3v) is 6.47. The molecular weight excluding hydrogens is 447 g/mol. The first kappa shape index (κ1) is 23.9. The van der Waals surface area contributed by atoms with Gasteiger partial charge in [-0.2, -0.15) is 0 Å². The van der Waals surface area contributed by atoms with E-state index in [0.29, 0.717) is 6.54 Å². The number of halogens is 3. The fourth-order valence-electron chi connectivity index (χ4n) is 3.44. The van der Waals surface area contributed by atoms with Gasteiger partial charge in [-0.25, -0.2) is 13.1 Å². The summed E-state index contributed by atoms with van der Waals surface area (Å²) < 4.78 is 67.0. The van der Waals surface area contributed by atoms with Crippen molar-refractivity contribution >= 4 is 21.6 Å². The number of benzene rings is 2. The third-order valence-electron chi connectivity index (χ3n) is 5.00. The van der Waals surface area contributed by atoms with Crippen LogP contribution in [0.15, 0.2) is 47.4 Å². The van der Waals surface area contributed by atoms with Gasteiger partial charge in [0.2, 0.25) is 15.9 Å². The highest BCUT2D eigenvalue weighted by Gasteiger charge is 2.31. The standard InChI is InChI=1S/C21H24F3N3O4S/c1-27-12-2-3-16-13-15(4-9-19(16)27)14-25-20(28)10-11-26-32(29,30)18-7-5-17(6-8-18)31-21(22,23)24/h4-9,13,26H,2-3,10-12,14H2,1H3,(H,25,28). The molecule has 1 aliphatic rings. The van der Waals surface area contributed by atoms with Gasteiger partial charge in [0.15, 0.2) is 0 Å². The fraction of sp³-hybridized carbons (Fsp3) is 0.381. The summed E-state index contributed by atoms with van der Waals surface area (Å²) in [5.74, 6) is -0.846. The minimum atomic E-state index is -4.86. The maximum absolute atomic E-state index is 12.2. The van der Waals surface area contributed by atoms with Gasteiger partial charge >= 0.3 is 6.36 Å². The van der Waals surface area contributed by atoms with Crippen LogP contribution in [0.25, 0.3) is 0 Å². The second-order valence-electron chi connectivity index (χ2n) is 7.43. The first-order valence-corrected chi connectivity index (χ1v) is 11.5. The number of sulfonamides is 1. The van der Waals surface area contributed by atoms with Crippen molar-refractivity contribution in [1.82, 2.24) is 10.0 Å². The zero-order valence-corrected chi connectivity index (χ0v) is 18.2. The van der Waals surface area contributed by atoms with Gasteiger partial charge in [-0.3, -0.25) is 4.79 Å². The van der Waals surface area contributed by atoms with Crippen LogP contribution in [0.1, 0.15) is 24.0 Å². The van der Waals surface area contributed by atoms with E-state index in [-0.39, 0.29) is 23.8 Å². The Morgan fingerprint density at radius 3 is 2.56 bits per heavy atom. The van der Waals surface area contributed by atoms with Crippen LogP contribution in [0.4, 0.5) is 18.9 Å². The van der Waals surface area contributed by atoms with Crippen molar-refractivity contribution in [3.63, 3.8) is 0 Å². The van der Waals surface area contributed by atoms with Crippen LogP contribution < -0.4 is 19.7 Å². The van der Waals surface area contributed by atoms with Gasteiger partial charge in [-0.1, -0.05) is 12.1 Å². The summed E-state index contributed by atoms with van der Waals surface area (Å²) in [6.45, 7) is 1.21. The molecule has 0 radical (unpaired) electrons. The second kappa shape index (κ2) is 9.78. The topological polar surface area (TPSA) is 87.7 Å². The molecule has 1 amide bonds. The van der Waals surface area contributed by atoms with Crippen LogP contribution in [0.5, 0.6) is 5.75 Å². The molecule has 0 spiro atoms. The lowest BCUT2D eigenvalue weighted by molar-refractivity contribution is -0.274. The predicted octanol–water partition coefficient (Wildman–Crippen LogP) is 2.95. The molecule has 3 rings (SSSR count). The van der Waals surface area contributed by atoms with E-state index >= 15 is 0 Å². The number of hydrogen-bond acceptors (Lipinski definition) is 5. The lowest BCUT2D eigenvalue weighted by Crippen LogP contribution is -2.30. The van der Waals surface area contributed by atoms with Crippen LogP contribution >= 0.6 is 0 Å². The lowest BCUT2D eigenvalue weighted by atomic mass is 9.99. The van der Waals surface area contributed by atoms with Crippen molar-refractivity contribution in [2.75, 3.05) is 25.0 Å². The van der Waals surface area contributed by atoms with Crippen molar-refractivity contribution in [3.8, 4) is 5.75 Å². The summed E-state index contributed by atoms with van der Waals surface area (Å²) in [6.07, 6.45) is -2.87. The van der Waals surface area contributed by atoms with Crippen molar-refractivity contribution in [2.24, 2.45) is 0 Å². The Bertz CT molecular complexity index is 1060. The molecule has 2 aromatic rings. The van der Waals surface area contributed by atoms with Gasteiger partial charge in [-0.15, -0.1) is 13.2 Å². The fourth-order valence-corrected chi connectivity index (χ4v) is 4.47. The minimum Gasteiger partial charge on any atom is -0.406 e. The average molecular weight is 472 g/mol. The SMILES string of the molecule is CN1CCCc2cc(CNC(=O)CCNS(=O)(=O)c3ccc(OC(F)(F)F)cc3)ccc21. The zero-order chi connectivity index (χ0) is 23.4. The number of alkyl halides is 3. The number of ether oxygens (including phenoxy) is 1. The van der Waals surface area contributed by atoms with Crippen molar-refractivity contribution in [3.05, 3.63) is 53.6 Å². The molecular formula is C21H24F3N3O4S. The lowest BCUT2D eigenvalue weighted by Gasteiger charge is -2.27. The van der Waals surface area contributed by atoms with E-state index < -0.39 is 22.1 Å². The summed E-state index contributed by atoms with van der Waals surface area (Å²) in [5.41, 5.74) is 3.40. The maximum atomic E-state index is 12.2. The molecule has 0 saturated heterocycles. The molecule has 7 nitrogen and oxygen atoms in total. The van der Waals surface area contributed by atoms with Gasteiger partial charge in [0.1, 0.15) is 5.75 Å². The molecule has 0 bridgehead atoms. The van der Waals surface area contributed by atoms with Gasteiger partial charge < -0.3 is 15.0 Å². The van der Waals surface area contributed by atoms with Crippen LogP contribution in [0.2, 0.25) is 0 Å². The smallest absolute Gasteiger partial charge is 0.406 e. The highest BCUT2D eigenvalue weighted by atomic mass is 32.2. The molecule has 2 N–H and O–H groups in total. The van der Waals surface area contributed by atoms with E-state index in [9.17, 15) is 26.4 Å². The van der Waals surface area contributed by atoms with Crippen molar-refractivity contribution < 1.29 is 31.1 Å². The van der Waals surface area contributed by atoms with E-state index in [1.54, 1.807) is 0 Å². The first-order chi connectivity index (χ1) is 15.0. The number of nitrogens with one attached hydrogen (secondary N) is 2. The molecule has 0 unspecified atom stereocenters. The second-order valence-corrected chi connectivity index (χ2v) is 9.20. The van der Waals surface area contributed by atoms with E-state index in [1.807, 2.05) is 19.2 Å². The Morgan fingerprint density at radius 1 is 1.16 bits per heavy atom. The first-order valence-electron chi connectivity index (χ1n) is 9.99. The molecule has 0 aliphatic carbocycles. The van der Waals surface area contributed by atoms with E-state index in [4.69, 9.17) is 0 Å². The zero-order valence-electron chi connectivity index (χ0n) is 17.4. The van der Waals surface area contributed by atoms with Crippen LogP contribution in [0, 0.1) is 0 Å². The van der Waals surface area contributed by atoms with Gasteiger partial charge in [0.25, 0.3) is 0 Å². The average Bonchev–Trinajstić information content (AvgIpc) is 2.71. The Morgan fingerprint density at radius 2 is 1.88 bits per heavy atom. The Hall–Kier alpha value is -2.79. The predicted molar refractivity (Wildman–Crippen MR) is 113 cm³/mol. The maximum Gasteiger partial charge on any atom is 0.573 e. The summed E-state index contributed by atoms with van der Waals surface area (Å²) in [4.78, 5) is 14.0. The van der Waals surface area contributed by atoms with Gasteiger partial charge in [0, 0.05) is 38.8 Å². The number of nitrogens with zero attached hydrogens (tertiary/aromatic N) is 1. The summed E-state index contributed by atoms with van der Waals surface area (Å²) >= 11 is 0. The number of rotatable bonds is 8. The van der Waals surface area contributed by atoms with E-state index in [1.165, 1.54) is 11.3 Å². The number of aryl methyl sites for hydroxylation is 1. The highest BCUT2D eigenvalue weighted by Crippen LogP contribution is 2.27. The summed E-state index contributed by atoms with van der Waals surface area (Å²) in [6, 6.07) is 9.87. The molecule has 11 heteroatoms. The molecule has 32 heavy (non-hydrogen) atoms. The monoisotopic (exact) mass is 471 g/mol. The molecule has 0 fully saturated rings. The molecule has 0 atom stereocenters. The molecule has 0 saturated carbocycles. The highest BCUT2D eigenvalue weighted by molar-refractivity contribution is 7.89. The van der Waals surface area contributed by atoms with Crippen LogP contribution in [-0.4, -0.2) is 40.8 Å². The van der Waals surface area contributed by atoms with Crippen LogP contribution in [-0.2, 0) is 27.8 Å². The third kappa shape index (κ3) is 6.60. The van der Waals surface area contributed by atoms with Crippen LogP contribution in [0.3, 0.4) is 0 Å².